The highest BCUT2D eigenvalue weighted by atomic mass is 16.5. The van der Waals surface area contributed by atoms with Crippen LogP contribution in [0, 0.1) is 6.92 Å². The van der Waals surface area contributed by atoms with Crippen molar-refractivity contribution in [3.05, 3.63) is 29.3 Å². The Morgan fingerprint density at radius 3 is 2.76 bits per heavy atom. The predicted octanol–water partition coefficient (Wildman–Crippen LogP) is 1.23. The zero-order valence-corrected chi connectivity index (χ0v) is 10.7. The lowest BCUT2D eigenvalue weighted by atomic mass is 10.1. The van der Waals surface area contributed by atoms with Crippen molar-refractivity contribution in [2.75, 3.05) is 20.7 Å². The molecule has 1 rings (SSSR count). The van der Waals surface area contributed by atoms with Crippen LogP contribution < -0.4 is 15.4 Å². The van der Waals surface area contributed by atoms with Crippen LogP contribution in [0.15, 0.2) is 18.2 Å². The van der Waals surface area contributed by atoms with Crippen LogP contribution in [0.4, 0.5) is 0 Å². The Labute approximate surface area is 102 Å². The van der Waals surface area contributed by atoms with Gasteiger partial charge in [-0.25, -0.2) is 0 Å². The summed E-state index contributed by atoms with van der Waals surface area (Å²) in [7, 11) is 3.32. The Morgan fingerprint density at radius 1 is 1.41 bits per heavy atom. The fraction of sp³-hybridized carbons (Fsp3) is 0.462. The third-order valence-electron chi connectivity index (χ3n) is 2.60. The minimum Gasteiger partial charge on any atom is -0.496 e. The van der Waals surface area contributed by atoms with E-state index in [9.17, 15) is 4.79 Å². The number of hydrogen-bond acceptors (Lipinski definition) is 3. The van der Waals surface area contributed by atoms with E-state index in [1.165, 1.54) is 5.56 Å². The maximum absolute atomic E-state index is 11.0. The fourth-order valence-electron chi connectivity index (χ4n) is 1.61. The number of rotatable bonds is 6. The minimum absolute atomic E-state index is 0.0587. The highest BCUT2D eigenvalue weighted by Gasteiger charge is 2.00. The van der Waals surface area contributed by atoms with Gasteiger partial charge in [0.15, 0.2) is 0 Å². The molecule has 0 fully saturated rings. The first-order valence-electron chi connectivity index (χ1n) is 5.72. The summed E-state index contributed by atoms with van der Waals surface area (Å²) in [6.45, 7) is 3.47. The van der Waals surface area contributed by atoms with Gasteiger partial charge in [0.1, 0.15) is 5.75 Å². The van der Waals surface area contributed by atoms with Crippen LogP contribution in [0.3, 0.4) is 0 Å². The molecule has 0 unspecified atom stereocenters. The van der Waals surface area contributed by atoms with Crippen molar-refractivity contribution in [1.29, 1.82) is 0 Å². The number of carbonyl (C=O) groups excluding carboxylic acids is 1. The van der Waals surface area contributed by atoms with E-state index in [2.05, 4.69) is 16.7 Å². The van der Waals surface area contributed by atoms with E-state index < -0.39 is 0 Å². The summed E-state index contributed by atoms with van der Waals surface area (Å²) in [5, 5.41) is 5.82. The number of aryl methyl sites for hydroxylation is 1. The van der Waals surface area contributed by atoms with Gasteiger partial charge >= 0.3 is 0 Å². The lowest BCUT2D eigenvalue weighted by molar-refractivity contribution is -0.120. The van der Waals surface area contributed by atoms with Gasteiger partial charge in [-0.05, 0) is 24.1 Å². The van der Waals surface area contributed by atoms with Crippen LogP contribution in [0.25, 0.3) is 0 Å². The second-order valence-corrected chi connectivity index (χ2v) is 3.90. The molecule has 0 aliphatic rings. The number of methoxy groups -OCH3 is 1. The molecule has 0 aromatic heterocycles. The molecular formula is C13H20N2O2. The molecule has 17 heavy (non-hydrogen) atoms. The molecule has 2 N–H and O–H groups in total. The summed E-state index contributed by atoms with van der Waals surface area (Å²) >= 11 is 0. The van der Waals surface area contributed by atoms with E-state index in [1.807, 2.05) is 19.1 Å². The molecule has 0 aliphatic heterocycles. The largest absolute Gasteiger partial charge is 0.496 e. The Bertz CT molecular complexity index is 378. The van der Waals surface area contributed by atoms with Gasteiger partial charge in [0.25, 0.3) is 0 Å². The number of benzene rings is 1. The van der Waals surface area contributed by atoms with Gasteiger partial charge in [0, 0.05) is 26.6 Å². The van der Waals surface area contributed by atoms with Crippen molar-refractivity contribution in [3.8, 4) is 5.75 Å². The maximum atomic E-state index is 11.0. The first-order chi connectivity index (χ1) is 8.17. The quantitative estimate of drug-likeness (QED) is 0.730. The third kappa shape index (κ3) is 4.44. The zero-order chi connectivity index (χ0) is 12.7. The van der Waals surface area contributed by atoms with Crippen molar-refractivity contribution in [2.24, 2.45) is 0 Å². The molecular weight excluding hydrogens is 216 g/mol. The molecule has 0 spiro atoms. The summed E-state index contributed by atoms with van der Waals surface area (Å²) in [6.07, 6.45) is 0.506. The summed E-state index contributed by atoms with van der Waals surface area (Å²) in [5.74, 6) is 0.961. The Morgan fingerprint density at radius 2 is 2.18 bits per heavy atom. The van der Waals surface area contributed by atoms with E-state index in [0.717, 1.165) is 17.9 Å². The second kappa shape index (κ2) is 6.91. The Hall–Kier alpha value is -1.55. The molecule has 4 heteroatoms. The molecule has 0 saturated heterocycles. The van der Waals surface area contributed by atoms with Crippen LogP contribution in [-0.4, -0.2) is 26.6 Å². The minimum atomic E-state index is 0.0587. The molecule has 0 heterocycles. The summed E-state index contributed by atoms with van der Waals surface area (Å²) in [6, 6.07) is 6.08. The van der Waals surface area contributed by atoms with E-state index in [4.69, 9.17) is 4.74 Å². The normalized spacial score (nSPS) is 10.1. The number of hydrogen-bond donors (Lipinski definition) is 2. The van der Waals surface area contributed by atoms with Gasteiger partial charge in [-0.1, -0.05) is 12.1 Å². The van der Waals surface area contributed by atoms with Gasteiger partial charge in [-0.2, -0.15) is 0 Å². The van der Waals surface area contributed by atoms with Crippen LogP contribution in [-0.2, 0) is 11.3 Å². The average Bonchev–Trinajstić information content (AvgIpc) is 2.34. The fourth-order valence-corrected chi connectivity index (χ4v) is 1.61. The van der Waals surface area contributed by atoms with E-state index >= 15 is 0 Å². The van der Waals surface area contributed by atoms with Crippen LogP contribution in [0.1, 0.15) is 17.5 Å². The van der Waals surface area contributed by atoms with Gasteiger partial charge < -0.3 is 15.4 Å². The van der Waals surface area contributed by atoms with Gasteiger partial charge in [0.2, 0.25) is 5.91 Å². The lowest BCUT2D eigenvalue weighted by Gasteiger charge is -2.08. The van der Waals surface area contributed by atoms with Crippen molar-refractivity contribution in [1.82, 2.24) is 10.6 Å². The number of ether oxygens (including phenoxy) is 1. The third-order valence-corrected chi connectivity index (χ3v) is 2.60. The van der Waals surface area contributed by atoms with E-state index in [0.29, 0.717) is 13.0 Å². The highest BCUT2D eigenvalue weighted by molar-refractivity contribution is 5.75. The van der Waals surface area contributed by atoms with Crippen LogP contribution in [0.2, 0.25) is 0 Å². The van der Waals surface area contributed by atoms with E-state index in [-0.39, 0.29) is 5.91 Å². The van der Waals surface area contributed by atoms with Crippen LogP contribution >= 0.6 is 0 Å². The zero-order valence-electron chi connectivity index (χ0n) is 10.7. The molecule has 1 aromatic rings. The molecule has 0 radical (unpaired) electrons. The molecule has 0 atom stereocenters. The van der Waals surface area contributed by atoms with Gasteiger partial charge in [-0.3, -0.25) is 4.79 Å². The number of nitrogens with one attached hydrogen (secondary N) is 2. The van der Waals surface area contributed by atoms with Crippen molar-refractivity contribution < 1.29 is 9.53 Å². The monoisotopic (exact) mass is 236 g/mol. The lowest BCUT2D eigenvalue weighted by Crippen LogP contribution is -2.24. The molecule has 0 saturated carbocycles. The first kappa shape index (κ1) is 13.5. The average molecular weight is 236 g/mol. The molecule has 94 valence electrons. The van der Waals surface area contributed by atoms with E-state index in [1.54, 1.807) is 14.2 Å². The number of carbonyl (C=O) groups is 1. The Balaban J connectivity index is 2.37. The molecule has 0 aliphatic carbocycles. The first-order valence-corrected chi connectivity index (χ1v) is 5.72. The topological polar surface area (TPSA) is 50.4 Å². The van der Waals surface area contributed by atoms with Crippen LogP contribution in [0.5, 0.6) is 5.75 Å². The summed E-state index contributed by atoms with van der Waals surface area (Å²) in [5.41, 5.74) is 2.32. The molecule has 1 amide bonds. The SMILES string of the molecule is CNC(=O)CCNCc1ccc(OC)c(C)c1. The second-order valence-electron chi connectivity index (χ2n) is 3.90. The standard InChI is InChI=1S/C13H20N2O2/c1-10-8-11(4-5-12(10)17-3)9-15-7-6-13(16)14-2/h4-5,8,15H,6-7,9H2,1-3H3,(H,14,16). The number of amides is 1. The highest BCUT2D eigenvalue weighted by Crippen LogP contribution is 2.18. The predicted molar refractivity (Wildman–Crippen MR) is 68.1 cm³/mol. The van der Waals surface area contributed by atoms with Crippen molar-refractivity contribution >= 4 is 5.91 Å². The Kier molecular flexibility index (Phi) is 5.49. The van der Waals surface area contributed by atoms with Crippen molar-refractivity contribution in [2.45, 2.75) is 19.9 Å². The molecule has 0 bridgehead atoms. The molecule has 1 aromatic carbocycles. The summed E-state index contributed by atoms with van der Waals surface area (Å²) < 4.78 is 5.20. The summed E-state index contributed by atoms with van der Waals surface area (Å²) in [4.78, 5) is 11.0. The molecule has 4 nitrogen and oxygen atoms in total. The van der Waals surface area contributed by atoms with Crippen molar-refractivity contribution in [3.63, 3.8) is 0 Å². The smallest absolute Gasteiger partial charge is 0.221 e. The van der Waals surface area contributed by atoms with Gasteiger partial charge in [0.05, 0.1) is 7.11 Å². The van der Waals surface area contributed by atoms with Gasteiger partial charge in [-0.15, -0.1) is 0 Å². The maximum Gasteiger partial charge on any atom is 0.221 e.